The van der Waals surface area contributed by atoms with Gasteiger partial charge in [-0.1, -0.05) is 70.2 Å². The average molecular weight is 378 g/mol. The molecule has 1 unspecified atom stereocenters. The second kappa shape index (κ2) is 7.29. The van der Waals surface area contributed by atoms with Crippen molar-refractivity contribution in [3.63, 3.8) is 0 Å². The summed E-state index contributed by atoms with van der Waals surface area (Å²) in [6, 6.07) is 10.1. The summed E-state index contributed by atoms with van der Waals surface area (Å²) in [6.45, 7) is 15.3. The van der Waals surface area contributed by atoms with E-state index in [1.165, 1.54) is 0 Å². The van der Waals surface area contributed by atoms with Crippen LogP contribution in [0.25, 0.3) is 0 Å². The highest BCUT2D eigenvalue weighted by atomic mass is 32.1. The fourth-order valence-electron chi connectivity index (χ4n) is 3.10. The molecule has 138 valence electrons. The van der Waals surface area contributed by atoms with Gasteiger partial charge in [-0.15, -0.1) is 0 Å². The maximum absolute atomic E-state index is 12.3. The molecule has 1 aromatic rings. The minimum atomic E-state index is -1.91. The lowest BCUT2D eigenvalue weighted by molar-refractivity contribution is -0.140. The number of carbonyl (C=O) groups is 1. The Balaban J connectivity index is 2.11. The maximum atomic E-state index is 12.3. The molecule has 0 bridgehead atoms. The van der Waals surface area contributed by atoms with E-state index >= 15 is 0 Å². The highest BCUT2D eigenvalue weighted by Gasteiger charge is 2.49. The molecule has 1 N–H and O–H groups in total. The fraction of sp³-hybridized carbons (Fsp3) is 0.600. The van der Waals surface area contributed by atoms with Crippen molar-refractivity contribution >= 4 is 31.3 Å². The van der Waals surface area contributed by atoms with Crippen LogP contribution in [0.15, 0.2) is 30.3 Å². The lowest BCUT2D eigenvalue weighted by atomic mass is 9.77. The third kappa shape index (κ3) is 4.21. The van der Waals surface area contributed by atoms with Gasteiger partial charge in [0.25, 0.3) is 0 Å². The number of benzene rings is 1. The third-order valence-corrected chi connectivity index (χ3v) is 11.0. The van der Waals surface area contributed by atoms with Crippen molar-refractivity contribution in [2.75, 3.05) is 0 Å². The minimum Gasteiger partial charge on any atom is -0.413 e. The number of hydrogen-bond acceptors (Lipinski definition) is 3. The molecular formula is C20H31NO2SSi. The number of β-lactam (4-membered cyclic amide) rings is 1. The van der Waals surface area contributed by atoms with Crippen molar-refractivity contribution in [3.8, 4) is 0 Å². The Bertz CT molecular complexity index is 639. The van der Waals surface area contributed by atoms with Crippen LogP contribution < -0.4 is 5.32 Å². The Morgan fingerprint density at radius 2 is 1.76 bits per heavy atom. The van der Waals surface area contributed by atoms with Crippen molar-refractivity contribution in [1.29, 1.82) is 0 Å². The van der Waals surface area contributed by atoms with Gasteiger partial charge in [-0.3, -0.25) is 4.79 Å². The first-order valence-electron chi connectivity index (χ1n) is 9.03. The summed E-state index contributed by atoms with van der Waals surface area (Å²) in [6.07, 6.45) is -0.0966. The predicted molar refractivity (Wildman–Crippen MR) is 110 cm³/mol. The quantitative estimate of drug-likeness (QED) is 0.342. The summed E-state index contributed by atoms with van der Waals surface area (Å²) in [4.78, 5) is 13.2. The summed E-state index contributed by atoms with van der Waals surface area (Å²) in [5, 5.41) is 3.18. The summed E-state index contributed by atoms with van der Waals surface area (Å²) in [5.74, 6) is 0.0512. The molecule has 0 radical (unpaired) electrons. The smallest absolute Gasteiger partial charge is 0.228 e. The first kappa shape index (κ1) is 20.3. The van der Waals surface area contributed by atoms with Crippen LogP contribution >= 0.6 is 12.2 Å². The molecule has 0 aromatic heterocycles. The van der Waals surface area contributed by atoms with E-state index in [0.717, 1.165) is 10.4 Å². The minimum absolute atomic E-state index is 0.0416. The first-order chi connectivity index (χ1) is 11.5. The van der Waals surface area contributed by atoms with Gasteiger partial charge in [-0.25, -0.2) is 0 Å². The molecule has 0 aliphatic carbocycles. The molecular weight excluding hydrogens is 346 g/mol. The second-order valence-electron chi connectivity index (χ2n) is 8.66. The lowest BCUT2D eigenvalue weighted by Gasteiger charge is -2.47. The second-order valence-corrected chi connectivity index (χ2v) is 13.9. The standard InChI is InChI=1S/C20H31NO2SSi/c1-13(18(24)15-11-9-8-10-12-15)17-16(19(22)21-17)14(2)23-25(6,7)20(3,4)5/h8-14,16-17H,1-7H3,(H,21,22)/t13?,14-,16-,17+/m1/s1. The van der Waals surface area contributed by atoms with Gasteiger partial charge in [0.05, 0.1) is 18.1 Å². The van der Waals surface area contributed by atoms with E-state index in [9.17, 15) is 4.79 Å². The van der Waals surface area contributed by atoms with Gasteiger partial charge in [-0.05, 0) is 30.6 Å². The molecule has 25 heavy (non-hydrogen) atoms. The Morgan fingerprint density at radius 3 is 2.24 bits per heavy atom. The number of amides is 1. The topological polar surface area (TPSA) is 38.3 Å². The molecule has 0 saturated carbocycles. The van der Waals surface area contributed by atoms with Crippen LogP contribution in [0.2, 0.25) is 18.1 Å². The molecule has 1 aromatic carbocycles. The molecule has 3 nitrogen and oxygen atoms in total. The van der Waals surface area contributed by atoms with Crippen LogP contribution in [0.5, 0.6) is 0 Å². The Morgan fingerprint density at radius 1 is 1.20 bits per heavy atom. The van der Waals surface area contributed by atoms with Crippen molar-refractivity contribution in [2.24, 2.45) is 11.8 Å². The fourth-order valence-corrected chi connectivity index (χ4v) is 4.81. The van der Waals surface area contributed by atoms with E-state index in [-0.39, 0.29) is 34.9 Å². The van der Waals surface area contributed by atoms with Crippen LogP contribution in [0.1, 0.15) is 40.2 Å². The SMILES string of the molecule is CC(C(=S)c1ccccc1)[C@@H]1NC(=O)[C@@H]1[C@@H](C)O[Si](C)(C)C(C)(C)C. The number of carbonyl (C=O) groups excluding carboxylic acids is 1. The zero-order chi connectivity index (χ0) is 19.0. The molecule has 0 spiro atoms. The normalized spacial score (nSPS) is 23.4. The Kier molecular flexibility index (Phi) is 5.91. The first-order valence-corrected chi connectivity index (χ1v) is 12.3. The molecule has 1 saturated heterocycles. The van der Waals surface area contributed by atoms with Crippen LogP contribution in [0.3, 0.4) is 0 Å². The zero-order valence-corrected chi connectivity index (χ0v) is 18.2. The van der Waals surface area contributed by atoms with E-state index in [1.54, 1.807) is 0 Å². The van der Waals surface area contributed by atoms with E-state index in [0.29, 0.717) is 0 Å². The Hall–Kier alpha value is -1.04. The molecule has 4 atom stereocenters. The average Bonchev–Trinajstić information content (AvgIpc) is 2.50. The summed E-state index contributed by atoms with van der Waals surface area (Å²) in [7, 11) is -1.91. The van der Waals surface area contributed by atoms with E-state index in [4.69, 9.17) is 16.6 Å². The van der Waals surface area contributed by atoms with Gasteiger partial charge in [0.15, 0.2) is 8.32 Å². The molecule has 2 rings (SSSR count). The van der Waals surface area contributed by atoms with Crippen LogP contribution in [-0.2, 0) is 9.22 Å². The highest BCUT2D eigenvalue weighted by Crippen LogP contribution is 2.39. The van der Waals surface area contributed by atoms with Crippen molar-refractivity contribution in [3.05, 3.63) is 35.9 Å². The molecule has 1 fully saturated rings. The summed E-state index contributed by atoms with van der Waals surface area (Å²) >= 11 is 5.68. The molecule has 5 heteroatoms. The van der Waals surface area contributed by atoms with Gasteiger partial charge in [0.1, 0.15) is 0 Å². The third-order valence-electron chi connectivity index (χ3n) is 5.80. The van der Waals surface area contributed by atoms with Gasteiger partial charge >= 0.3 is 0 Å². The largest absolute Gasteiger partial charge is 0.413 e. The molecule has 1 aliphatic heterocycles. The van der Waals surface area contributed by atoms with E-state index in [1.807, 2.05) is 37.3 Å². The summed E-state index contributed by atoms with van der Waals surface area (Å²) < 4.78 is 6.48. The number of nitrogens with one attached hydrogen (secondary N) is 1. The van der Waals surface area contributed by atoms with Crippen molar-refractivity contribution < 1.29 is 9.22 Å². The van der Waals surface area contributed by atoms with Gasteiger partial charge in [0, 0.05) is 10.8 Å². The van der Waals surface area contributed by atoms with Crippen molar-refractivity contribution in [1.82, 2.24) is 5.32 Å². The molecule has 1 heterocycles. The zero-order valence-electron chi connectivity index (χ0n) is 16.4. The molecule has 1 aliphatic rings. The number of thiocarbonyl (C=S) groups is 1. The number of rotatable bonds is 6. The van der Waals surface area contributed by atoms with Crippen LogP contribution in [-0.4, -0.2) is 31.2 Å². The Labute approximate surface area is 158 Å². The van der Waals surface area contributed by atoms with Gasteiger partial charge < -0.3 is 9.74 Å². The van der Waals surface area contributed by atoms with Crippen LogP contribution in [0.4, 0.5) is 0 Å². The van der Waals surface area contributed by atoms with Gasteiger partial charge in [0.2, 0.25) is 5.91 Å². The van der Waals surface area contributed by atoms with Gasteiger partial charge in [-0.2, -0.15) is 0 Å². The lowest BCUT2D eigenvalue weighted by Crippen LogP contribution is -2.66. The summed E-state index contributed by atoms with van der Waals surface area (Å²) in [5.41, 5.74) is 1.06. The highest BCUT2D eigenvalue weighted by molar-refractivity contribution is 7.80. The number of hydrogen-bond donors (Lipinski definition) is 1. The van der Waals surface area contributed by atoms with Crippen molar-refractivity contribution in [2.45, 2.75) is 64.9 Å². The van der Waals surface area contributed by atoms with Crippen LogP contribution in [0, 0.1) is 11.8 Å². The van der Waals surface area contributed by atoms with E-state index < -0.39 is 8.32 Å². The maximum Gasteiger partial charge on any atom is 0.228 e. The predicted octanol–water partition coefficient (Wildman–Crippen LogP) is 4.57. The van der Waals surface area contributed by atoms with E-state index in [2.05, 4.69) is 46.1 Å². The monoisotopic (exact) mass is 377 g/mol. The molecule has 1 amide bonds.